The van der Waals surface area contributed by atoms with E-state index in [9.17, 15) is 4.79 Å². The zero-order valence-electron chi connectivity index (χ0n) is 9.32. The normalized spacial score (nSPS) is 10.3. The summed E-state index contributed by atoms with van der Waals surface area (Å²) in [6.45, 7) is 3.67. The van der Waals surface area contributed by atoms with Gasteiger partial charge in [0.15, 0.2) is 5.82 Å². The van der Waals surface area contributed by atoms with Crippen molar-refractivity contribution in [1.82, 2.24) is 9.97 Å². The fourth-order valence-corrected chi connectivity index (χ4v) is 2.37. The molecule has 1 amide bonds. The van der Waals surface area contributed by atoms with E-state index in [1.807, 2.05) is 6.92 Å². The van der Waals surface area contributed by atoms with Gasteiger partial charge in [-0.05, 0) is 26.0 Å². The van der Waals surface area contributed by atoms with Crippen LogP contribution in [0.2, 0.25) is 5.02 Å². The lowest BCUT2D eigenvalue weighted by Gasteiger charge is -2.04. The van der Waals surface area contributed by atoms with Crippen molar-refractivity contribution in [3.8, 4) is 0 Å². The number of nitrogens with one attached hydrogen (secondary N) is 1. The summed E-state index contributed by atoms with van der Waals surface area (Å²) in [6.07, 6.45) is 1.58. The summed E-state index contributed by atoms with van der Waals surface area (Å²) in [5.41, 5.74) is 0.719. The number of amides is 1. The number of carbonyl (C=O) groups excluding carboxylic acids is 1. The van der Waals surface area contributed by atoms with Crippen LogP contribution >= 0.6 is 22.9 Å². The van der Waals surface area contributed by atoms with Gasteiger partial charge in [0.05, 0.1) is 15.7 Å². The summed E-state index contributed by atoms with van der Waals surface area (Å²) in [4.78, 5) is 20.7. The van der Waals surface area contributed by atoms with E-state index < -0.39 is 0 Å². The fraction of sp³-hybridized carbons (Fsp3) is 0.182. The predicted octanol–water partition coefficient (Wildman–Crippen LogP) is 3.06. The Hall–Kier alpha value is -1.46. The second-order valence-corrected chi connectivity index (χ2v) is 5.05. The van der Waals surface area contributed by atoms with Gasteiger partial charge in [-0.1, -0.05) is 11.6 Å². The molecule has 0 saturated heterocycles. The SMILES string of the molecule is Cc1nc(C)c(C(=O)Nc2ncccc2Cl)s1. The summed E-state index contributed by atoms with van der Waals surface area (Å²) in [7, 11) is 0. The van der Waals surface area contributed by atoms with Crippen molar-refractivity contribution in [2.45, 2.75) is 13.8 Å². The van der Waals surface area contributed by atoms with Crippen LogP contribution in [-0.4, -0.2) is 15.9 Å². The second-order valence-electron chi connectivity index (χ2n) is 3.44. The molecule has 0 saturated carbocycles. The van der Waals surface area contributed by atoms with E-state index >= 15 is 0 Å². The molecule has 0 aliphatic heterocycles. The Morgan fingerprint density at radius 3 is 2.82 bits per heavy atom. The quantitative estimate of drug-likeness (QED) is 0.910. The largest absolute Gasteiger partial charge is 0.305 e. The van der Waals surface area contributed by atoms with Crippen LogP contribution in [0.3, 0.4) is 0 Å². The first-order chi connectivity index (χ1) is 8.08. The summed E-state index contributed by atoms with van der Waals surface area (Å²) in [5, 5.41) is 3.95. The lowest BCUT2D eigenvalue weighted by molar-refractivity contribution is 0.102. The molecule has 17 heavy (non-hydrogen) atoms. The van der Waals surface area contributed by atoms with E-state index in [2.05, 4.69) is 15.3 Å². The van der Waals surface area contributed by atoms with Crippen molar-refractivity contribution >= 4 is 34.7 Å². The Morgan fingerprint density at radius 1 is 1.47 bits per heavy atom. The second kappa shape index (κ2) is 4.81. The molecular weight excluding hydrogens is 258 g/mol. The smallest absolute Gasteiger partial charge is 0.268 e. The summed E-state index contributed by atoms with van der Waals surface area (Å²) >= 11 is 7.26. The first-order valence-corrected chi connectivity index (χ1v) is 6.13. The van der Waals surface area contributed by atoms with Crippen LogP contribution in [-0.2, 0) is 0 Å². The fourth-order valence-electron chi connectivity index (χ4n) is 1.38. The number of hydrogen-bond donors (Lipinski definition) is 1. The minimum Gasteiger partial charge on any atom is -0.305 e. The molecule has 2 aromatic heterocycles. The van der Waals surface area contributed by atoms with Crippen LogP contribution in [0.5, 0.6) is 0 Å². The molecule has 2 heterocycles. The number of halogens is 1. The molecule has 0 atom stereocenters. The standard InChI is InChI=1S/C11H10ClN3OS/c1-6-9(17-7(2)14-6)11(16)15-10-8(12)4-3-5-13-10/h3-5H,1-2H3,(H,13,15,16). The molecule has 0 aromatic carbocycles. The van der Waals surface area contributed by atoms with Crippen LogP contribution in [0.25, 0.3) is 0 Å². The summed E-state index contributed by atoms with van der Waals surface area (Å²) in [5.74, 6) is 0.137. The van der Waals surface area contributed by atoms with Gasteiger partial charge >= 0.3 is 0 Å². The first-order valence-electron chi connectivity index (χ1n) is 4.94. The van der Waals surface area contributed by atoms with Crippen molar-refractivity contribution in [3.05, 3.63) is 38.9 Å². The van der Waals surface area contributed by atoms with Crippen molar-refractivity contribution in [3.63, 3.8) is 0 Å². The third-order valence-electron chi connectivity index (χ3n) is 2.10. The van der Waals surface area contributed by atoms with Gasteiger partial charge in [-0.3, -0.25) is 4.79 Å². The molecule has 2 rings (SSSR count). The average molecular weight is 268 g/mol. The molecule has 0 spiro atoms. The minimum absolute atomic E-state index is 0.228. The molecule has 2 aromatic rings. The molecular formula is C11H10ClN3OS. The molecule has 0 radical (unpaired) electrons. The number of nitrogens with zero attached hydrogens (tertiary/aromatic N) is 2. The van der Waals surface area contributed by atoms with Gasteiger partial charge < -0.3 is 5.32 Å². The van der Waals surface area contributed by atoms with Gasteiger partial charge in [-0.15, -0.1) is 11.3 Å². The molecule has 0 unspecified atom stereocenters. The minimum atomic E-state index is -0.228. The Bertz CT molecular complexity index is 568. The van der Waals surface area contributed by atoms with Crippen LogP contribution in [0.4, 0.5) is 5.82 Å². The van der Waals surface area contributed by atoms with E-state index in [1.54, 1.807) is 25.3 Å². The van der Waals surface area contributed by atoms with Gasteiger partial charge in [0.1, 0.15) is 4.88 Å². The molecule has 1 N–H and O–H groups in total. The van der Waals surface area contributed by atoms with Crippen LogP contribution in [0.1, 0.15) is 20.4 Å². The molecule has 0 bridgehead atoms. The first kappa shape index (κ1) is 12.0. The summed E-state index contributed by atoms with van der Waals surface area (Å²) < 4.78 is 0. The van der Waals surface area contributed by atoms with Crippen molar-refractivity contribution in [2.75, 3.05) is 5.32 Å². The molecule has 6 heteroatoms. The van der Waals surface area contributed by atoms with Gasteiger partial charge in [-0.25, -0.2) is 9.97 Å². The van der Waals surface area contributed by atoms with Gasteiger partial charge in [-0.2, -0.15) is 0 Å². The van der Waals surface area contributed by atoms with Crippen LogP contribution < -0.4 is 5.32 Å². The molecule has 0 aliphatic rings. The molecule has 4 nitrogen and oxygen atoms in total. The topological polar surface area (TPSA) is 54.9 Å². The van der Waals surface area contributed by atoms with E-state index in [4.69, 9.17) is 11.6 Å². The van der Waals surface area contributed by atoms with E-state index in [0.29, 0.717) is 15.7 Å². The monoisotopic (exact) mass is 267 g/mol. The number of aryl methyl sites for hydroxylation is 2. The number of carbonyl (C=O) groups is 1. The Labute approximate surface area is 108 Å². The highest BCUT2D eigenvalue weighted by Crippen LogP contribution is 2.21. The predicted molar refractivity (Wildman–Crippen MR) is 68.8 cm³/mol. The molecule has 0 fully saturated rings. The van der Waals surface area contributed by atoms with Gasteiger partial charge in [0.2, 0.25) is 0 Å². The number of anilines is 1. The average Bonchev–Trinajstić information content (AvgIpc) is 2.61. The Kier molecular flexibility index (Phi) is 3.40. The third-order valence-corrected chi connectivity index (χ3v) is 3.48. The van der Waals surface area contributed by atoms with E-state index in [0.717, 1.165) is 10.7 Å². The summed E-state index contributed by atoms with van der Waals surface area (Å²) in [6, 6.07) is 3.38. The zero-order valence-corrected chi connectivity index (χ0v) is 10.9. The number of pyridine rings is 1. The van der Waals surface area contributed by atoms with E-state index in [-0.39, 0.29) is 5.91 Å². The zero-order chi connectivity index (χ0) is 12.4. The Balaban J connectivity index is 2.23. The van der Waals surface area contributed by atoms with Gasteiger partial charge in [0.25, 0.3) is 5.91 Å². The maximum absolute atomic E-state index is 12.0. The van der Waals surface area contributed by atoms with Crippen LogP contribution in [0, 0.1) is 13.8 Å². The highest BCUT2D eigenvalue weighted by Gasteiger charge is 2.15. The maximum Gasteiger partial charge on any atom is 0.268 e. The molecule has 88 valence electrons. The maximum atomic E-state index is 12.0. The highest BCUT2D eigenvalue weighted by atomic mass is 35.5. The van der Waals surface area contributed by atoms with E-state index in [1.165, 1.54) is 11.3 Å². The highest BCUT2D eigenvalue weighted by molar-refractivity contribution is 7.13. The number of thiazole rings is 1. The van der Waals surface area contributed by atoms with Crippen molar-refractivity contribution in [1.29, 1.82) is 0 Å². The van der Waals surface area contributed by atoms with Crippen molar-refractivity contribution in [2.24, 2.45) is 0 Å². The molecule has 0 aliphatic carbocycles. The number of aromatic nitrogens is 2. The lowest BCUT2D eigenvalue weighted by atomic mass is 10.3. The van der Waals surface area contributed by atoms with Crippen LogP contribution in [0.15, 0.2) is 18.3 Å². The van der Waals surface area contributed by atoms with Gasteiger partial charge in [0, 0.05) is 6.20 Å². The third kappa shape index (κ3) is 2.62. The Morgan fingerprint density at radius 2 is 2.24 bits per heavy atom. The number of rotatable bonds is 2. The lowest BCUT2D eigenvalue weighted by Crippen LogP contribution is -2.12. The number of hydrogen-bond acceptors (Lipinski definition) is 4. The van der Waals surface area contributed by atoms with Crippen molar-refractivity contribution < 1.29 is 4.79 Å².